The Labute approximate surface area is 135 Å². The number of fused-ring (bicyclic) bond motifs is 1. The first-order valence-corrected chi connectivity index (χ1v) is 7.94. The van der Waals surface area contributed by atoms with Crippen molar-refractivity contribution in [1.29, 1.82) is 0 Å². The minimum atomic E-state index is -0.556. The average molecular weight is 316 g/mol. The number of halogens is 1. The zero-order chi connectivity index (χ0) is 16.4. The molecular formula is C18H21FN2O2. The van der Waals surface area contributed by atoms with Crippen molar-refractivity contribution in [3.8, 4) is 11.5 Å². The first-order chi connectivity index (χ1) is 11.0. The van der Waals surface area contributed by atoms with E-state index in [1.807, 2.05) is 39.0 Å². The minimum absolute atomic E-state index is 0.0688. The van der Waals surface area contributed by atoms with Gasteiger partial charge in [-0.05, 0) is 30.7 Å². The van der Waals surface area contributed by atoms with Crippen LogP contribution in [0.2, 0.25) is 0 Å². The third-order valence-electron chi connectivity index (χ3n) is 4.22. The lowest BCUT2D eigenvalue weighted by Crippen LogP contribution is -2.36. The molecule has 0 saturated heterocycles. The van der Waals surface area contributed by atoms with E-state index in [0.29, 0.717) is 0 Å². The highest BCUT2D eigenvalue weighted by molar-refractivity contribution is 5.57. The van der Waals surface area contributed by atoms with E-state index in [2.05, 4.69) is 10.3 Å². The van der Waals surface area contributed by atoms with Gasteiger partial charge in [0.2, 0.25) is 0 Å². The standard InChI is InChI=1S/C18H21FN2O2/c1-4-18(5-2)22-16-7-6-15(9-17(16)23-18)21-12(3)13-8-14(19)11-20-10-13/h6-12,21H,4-5H2,1-3H3/t12-/m0/s1. The van der Waals surface area contributed by atoms with E-state index in [1.165, 1.54) is 12.3 Å². The summed E-state index contributed by atoms with van der Waals surface area (Å²) in [6.45, 7) is 6.06. The Bertz CT molecular complexity index is 701. The number of nitrogens with one attached hydrogen (secondary N) is 1. The molecule has 0 bridgehead atoms. The highest BCUT2D eigenvalue weighted by Gasteiger charge is 2.38. The molecule has 1 aromatic heterocycles. The zero-order valence-corrected chi connectivity index (χ0v) is 13.6. The summed E-state index contributed by atoms with van der Waals surface area (Å²) in [6.07, 6.45) is 4.43. The van der Waals surface area contributed by atoms with Crippen molar-refractivity contribution in [1.82, 2.24) is 4.98 Å². The fraction of sp³-hybridized carbons (Fsp3) is 0.389. The van der Waals surface area contributed by atoms with Gasteiger partial charge in [-0.25, -0.2) is 4.39 Å². The lowest BCUT2D eigenvalue weighted by atomic mass is 10.1. The summed E-state index contributed by atoms with van der Waals surface area (Å²) in [5.41, 5.74) is 1.69. The number of hydrogen-bond acceptors (Lipinski definition) is 4. The maximum Gasteiger partial charge on any atom is 0.251 e. The smallest absolute Gasteiger partial charge is 0.251 e. The van der Waals surface area contributed by atoms with Crippen LogP contribution in [0.25, 0.3) is 0 Å². The average Bonchev–Trinajstić information content (AvgIpc) is 2.93. The number of aromatic nitrogens is 1. The molecular weight excluding hydrogens is 295 g/mol. The Kier molecular flexibility index (Phi) is 4.11. The lowest BCUT2D eigenvalue weighted by molar-refractivity contribution is -0.0843. The summed E-state index contributed by atoms with van der Waals surface area (Å²) in [7, 11) is 0. The molecule has 122 valence electrons. The second kappa shape index (κ2) is 6.07. The fourth-order valence-corrected chi connectivity index (χ4v) is 2.72. The summed E-state index contributed by atoms with van der Waals surface area (Å²) in [4.78, 5) is 3.89. The van der Waals surface area contributed by atoms with Crippen LogP contribution in [-0.4, -0.2) is 10.8 Å². The Hall–Kier alpha value is -2.30. The molecule has 1 atom stereocenters. The van der Waals surface area contributed by atoms with Gasteiger partial charge >= 0.3 is 0 Å². The SMILES string of the molecule is CCC1(CC)Oc2ccc(N[C@@H](C)c3cncc(F)c3)cc2O1. The van der Waals surface area contributed by atoms with Crippen LogP contribution >= 0.6 is 0 Å². The van der Waals surface area contributed by atoms with Crippen molar-refractivity contribution >= 4 is 5.69 Å². The molecule has 0 saturated carbocycles. The lowest BCUT2D eigenvalue weighted by Gasteiger charge is -2.24. The Morgan fingerprint density at radius 1 is 1.13 bits per heavy atom. The summed E-state index contributed by atoms with van der Waals surface area (Å²) >= 11 is 0. The number of rotatable bonds is 5. The highest BCUT2D eigenvalue weighted by atomic mass is 19.1. The third-order valence-corrected chi connectivity index (χ3v) is 4.22. The largest absolute Gasteiger partial charge is 0.448 e. The van der Waals surface area contributed by atoms with E-state index in [-0.39, 0.29) is 11.9 Å². The molecule has 2 heterocycles. The van der Waals surface area contributed by atoms with Crippen LogP contribution in [0.1, 0.15) is 45.2 Å². The van der Waals surface area contributed by atoms with Crippen molar-refractivity contribution in [2.75, 3.05) is 5.32 Å². The highest BCUT2D eigenvalue weighted by Crippen LogP contribution is 2.43. The van der Waals surface area contributed by atoms with E-state index in [4.69, 9.17) is 9.47 Å². The van der Waals surface area contributed by atoms with Crippen molar-refractivity contribution in [3.63, 3.8) is 0 Å². The van der Waals surface area contributed by atoms with Crippen molar-refractivity contribution < 1.29 is 13.9 Å². The van der Waals surface area contributed by atoms with Crippen LogP contribution in [-0.2, 0) is 0 Å². The van der Waals surface area contributed by atoms with E-state index in [1.54, 1.807) is 6.20 Å². The molecule has 0 radical (unpaired) electrons. The van der Waals surface area contributed by atoms with Gasteiger partial charge in [-0.1, -0.05) is 13.8 Å². The maximum absolute atomic E-state index is 13.3. The molecule has 1 N–H and O–H groups in total. The Balaban J connectivity index is 1.77. The number of nitrogens with zero attached hydrogens (tertiary/aromatic N) is 1. The van der Waals surface area contributed by atoms with Gasteiger partial charge in [0, 0.05) is 30.8 Å². The third kappa shape index (κ3) is 3.09. The van der Waals surface area contributed by atoms with Crippen LogP contribution in [0.5, 0.6) is 11.5 Å². The molecule has 1 aliphatic rings. The van der Waals surface area contributed by atoms with Crippen LogP contribution in [0.4, 0.5) is 10.1 Å². The molecule has 2 aromatic rings. The molecule has 23 heavy (non-hydrogen) atoms. The van der Waals surface area contributed by atoms with Crippen LogP contribution in [0.15, 0.2) is 36.7 Å². The number of hydrogen-bond donors (Lipinski definition) is 1. The van der Waals surface area contributed by atoms with E-state index in [9.17, 15) is 4.39 Å². The Morgan fingerprint density at radius 3 is 2.57 bits per heavy atom. The molecule has 0 unspecified atom stereocenters. The fourth-order valence-electron chi connectivity index (χ4n) is 2.72. The molecule has 3 rings (SSSR count). The predicted molar refractivity (Wildman–Crippen MR) is 87.2 cm³/mol. The zero-order valence-electron chi connectivity index (χ0n) is 13.6. The minimum Gasteiger partial charge on any atom is -0.448 e. The second-order valence-corrected chi connectivity index (χ2v) is 5.79. The van der Waals surface area contributed by atoms with Crippen molar-refractivity contribution in [2.24, 2.45) is 0 Å². The molecule has 0 fully saturated rings. The predicted octanol–water partition coefficient (Wildman–Crippen LogP) is 4.68. The van der Waals surface area contributed by atoms with Crippen LogP contribution in [0, 0.1) is 5.82 Å². The molecule has 5 heteroatoms. The van der Waals surface area contributed by atoms with Gasteiger partial charge in [0.1, 0.15) is 5.82 Å². The first kappa shape index (κ1) is 15.6. The molecule has 0 aliphatic carbocycles. The second-order valence-electron chi connectivity index (χ2n) is 5.79. The van der Waals surface area contributed by atoms with Gasteiger partial charge in [0.05, 0.1) is 12.2 Å². The molecule has 1 aliphatic heterocycles. The van der Waals surface area contributed by atoms with Gasteiger partial charge in [0.25, 0.3) is 5.79 Å². The quantitative estimate of drug-likeness (QED) is 0.869. The number of benzene rings is 1. The summed E-state index contributed by atoms with van der Waals surface area (Å²) in [6, 6.07) is 7.18. The van der Waals surface area contributed by atoms with Crippen molar-refractivity contribution in [2.45, 2.75) is 45.4 Å². The summed E-state index contributed by atoms with van der Waals surface area (Å²) in [5, 5.41) is 3.34. The molecule has 0 amide bonds. The van der Waals surface area contributed by atoms with Gasteiger partial charge in [-0.2, -0.15) is 0 Å². The number of anilines is 1. The normalized spacial score (nSPS) is 16.2. The van der Waals surface area contributed by atoms with Crippen LogP contribution in [0.3, 0.4) is 0 Å². The summed E-state index contributed by atoms with van der Waals surface area (Å²) < 4.78 is 25.2. The maximum atomic E-state index is 13.3. The number of pyridine rings is 1. The van der Waals surface area contributed by atoms with Gasteiger partial charge in [-0.15, -0.1) is 0 Å². The van der Waals surface area contributed by atoms with E-state index < -0.39 is 5.79 Å². The van der Waals surface area contributed by atoms with E-state index >= 15 is 0 Å². The molecule has 1 aromatic carbocycles. The number of ether oxygens (including phenoxy) is 2. The van der Waals surface area contributed by atoms with Crippen LogP contribution < -0.4 is 14.8 Å². The topological polar surface area (TPSA) is 43.4 Å². The summed E-state index contributed by atoms with van der Waals surface area (Å²) in [5.74, 6) is 0.610. The monoisotopic (exact) mass is 316 g/mol. The molecule has 4 nitrogen and oxygen atoms in total. The van der Waals surface area contributed by atoms with E-state index in [0.717, 1.165) is 35.6 Å². The van der Waals surface area contributed by atoms with Gasteiger partial charge in [-0.3, -0.25) is 4.98 Å². The van der Waals surface area contributed by atoms with Crippen molar-refractivity contribution in [3.05, 3.63) is 48.0 Å². The van der Waals surface area contributed by atoms with Gasteiger partial charge < -0.3 is 14.8 Å². The molecule has 0 spiro atoms. The van der Waals surface area contributed by atoms with Gasteiger partial charge in [0.15, 0.2) is 11.5 Å². The Morgan fingerprint density at radius 2 is 1.87 bits per heavy atom. The first-order valence-electron chi connectivity index (χ1n) is 7.94.